The van der Waals surface area contributed by atoms with Gasteiger partial charge in [-0.2, -0.15) is 5.10 Å². The number of rotatable bonds is 3. The van der Waals surface area contributed by atoms with Gasteiger partial charge in [0.25, 0.3) is 0 Å². The Morgan fingerprint density at radius 1 is 1.61 bits per heavy atom. The van der Waals surface area contributed by atoms with E-state index in [1.54, 1.807) is 4.90 Å². The third kappa shape index (κ3) is 2.88. The van der Waals surface area contributed by atoms with E-state index in [0.717, 1.165) is 11.4 Å². The van der Waals surface area contributed by atoms with Gasteiger partial charge in [0.2, 0.25) is 5.91 Å². The molecule has 0 aliphatic carbocycles. The molecule has 1 aromatic rings. The quantitative estimate of drug-likeness (QED) is 0.800. The Hall–Kier alpha value is -1.40. The van der Waals surface area contributed by atoms with E-state index >= 15 is 0 Å². The summed E-state index contributed by atoms with van der Waals surface area (Å²) in [5.74, 6) is -0.0170. The number of aromatic nitrogens is 2. The molecule has 1 aliphatic heterocycles. The molecule has 1 aromatic heterocycles. The van der Waals surface area contributed by atoms with E-state index in [-0.39, 0.29) is 18.6 Å². The Kier molecular flexibility index (Phi) is 3.98. The molecule has 0 radical (unpaired) electrons. The van der Waals surface area contributed by atoms with E-state index in [0.29, 0.717) is 26.2 Å². The molecule has 6 heteroatoms. The maximum Gasteiger partial charge on any atom is 0.236 e. The lowest BCUT2D eigenvalue weighted by Crippen LogP contribution is -2.49. The summed E-state index contributed by atoms with van der Waals surface area (Å²) in [7, 11) is 0. The second-order valence-corrected chi connectivity index (χ2v) is 4.65. The van der Waals surface area contributed by atoms with Gasteiger partial charge in [-0.05, 0) is 19.9 Å². The maximum absolute atomic E-state index is 11.6. The number of carbonyl (C=O) groups excluding carboxylic acids is 1. The molecule has 2 N–H and O–H groups in total. The van der Waals surface area contributed by atoms with Crippen LogP contribution in [0, 0.1) is 13.8 Å². The normalized spacial score (nSPS) is 20.2. The third-order valence-corrected chi connectivity index (χ3v) is 3.15. The Balaban J connectivity index is 1.97. The van der Waals surface area contributed by atoms with Crippen molar-refractivity contribution in [2.75, 3.05) is 26.2 Å². The van der Waals surface area contributed by atoms with Crippen molar-refractivity contribution >= 4 is 5.91 Å². The molecule has 1 aliphatic rings. The van der Waals surface area contributed by atoms with E-state index in [9.17, 15) is 4.79 Å². The van der Waals surface area contributed by atoms with Gasteiger partial charge in [-0.25, -0.2) is 0 Å². The molecule has 0 saturated carbocycles. The second-order valence-electron chi connectivity index (χ2n) is 4.65. The van der Waals surface area contributed by atoms with Crippen molar-refractivity contribution in [3.8, 4) is 0 Å². The van der Waals surface area contributed by atoms with Crippen LogP contribution in [-0.2, 0) is 16.1 Å². The van der Waals surface area contributed by atoms with Crippen molar-refractivity contribution in [1.82, 2.24) is 14.7 Å². The third-order valence-electron chi connectivity index (χ3n) is 3.15. The van der Waals surface area contributed by atoms with Gasteiger partial charge in [-0.1, -0.05) is 0 Å². The van der Waals surface area contributed by atoms with Crippen molar-refractivity contribution in [3.05, 3.63) is 17.5 Å². The second kappa shape index (κ2) is 5.49. The molecular weight excluding hydrogens is 232 g/mol. The molecule has 18 heavy (non-hydrogen) atoms. The molecule has 1 atom stereocenters. The average molecular weight is 252 g/mol. The Morgan fingerprint density at radius 3 is 3.00 bits per heavy atom. The zero-order valence-electron chi connectivity index (χ0n) is 10.9. The minimum Gasteiger partial charge on any atom is -0.373 e. The lowest BCUT2D eigenvalue weighted by atomic mass is 10.2. The Labute approximate surface area is 107 Å². The van der Waals surface area contributed by atoms with Crippen LogP contribution in [0.2, 0.25) is 0 Å². The molecule has 6 nitrogen and oxygen atoms in total. The number of carbonyl (C=O) groups is 1. The number of nitrogens with two attached hydrogens (primary N) is 1. The predicted octanol–water partition coefficient (Wildman–Crippen LogP) is -0.314. The predicted molar refractivity (Wildman–Crippen MR) is 67.1 cm³/mol. The highest BCUT2D eigenvalue weighted by molar-refractivity contribution is 5.78. The summed E-state index contributed by atoms with van der Waals surface area (Å²) >= 11 is 0. The number of amides is 1. The minimum absolute atomic E-state index is 0.00718. The highest BCUT2D eigenvalue weighted by Gasteiger charge is 2.24. The van der Waals surface area contributed by atoms with Crippen LogP contribution in [0.25, 0.3) is 0 Å². The summed E-state index contributed by atoms with van der Waals surface area (Å²) in [6.07, 6.45) is -0.00718. The highest BCUT2D eigenvalue weighted by Crippen LogP contribution is 2.10. The number of nitrogens with zero attached hydrogens (tertiary/aromatic N) is 3. The van der Waals surface area contributed by atoms with Crippen molar-refractivity contribution in [2.24, 2.45) is 5.73 Å². The number of ether oxygens (including phenoxy) is 1. The van der Waals surface area contributed by atoms with Crippen molar-refractivity contribution in [3.63, 3.8) is 0 Å². The van der Waals surface area contributed by atoms with Gasteiger partial charge >= 0.3 is 0 Å². The largest absolute Gasteiger partial charge is 0.373 e. The first kappa shape index (κ1) is 13.0. The van der Waals surface area contributed by atoms with Crippen LogP contribution in [0.1, 0.15) is 11.4 Å². The number of hydrogen-bond acceptors (Lipinski definition) is 4. The summed E-state index contributed by atoms with van der Waals surface area (Å²) in [6.45, 7) is 6.51. The first-order chi connectivity index (χ1) is 8.60. The average Bonchev–Trinajstić information content (AvgIpc) is 2.67. The van der Waals surface area contributed by atoms with Gasteiger partial charge in [0.15, 0.2) is 0 Å². The van der Waals surface area contributed by atoms with Gasteiger partial charge in [0.1, 0.15) is 0 Å². The van der Waals surface area contributed by atoms with Gasteiger partial charge in [0.05, 0.1) is 31.5 Å². The van der Waals surface area contributed by atoms with Crippen LogP contribution < -0.4 is 5.73 Å². The molecule has 2 heterocycles. The van der Waals surface area contributed by atoms with Crippen LogP contribution in [0.15, 0.2) is 6.07 Å². The lowest BCUT2D eigenvalue weighted by Gasteiger charge is -2.32. The lowest BCUT2D eigenvalue weighted by molar-refractivity contribution is -0.137. The van der Waals surface area contributed by atoms with Crippen LogP contribution in [0.5, 0.6) is 0 Å². The first-order valence-electron chi connectivity index (χ1n) is 6.20. The number of hydrogen-bond donors (Lipinski definition) is 1. The fraction of sp³-hybridized carbons (Fsp3) is 0.667. The fourth-order valence-corrected chi connectivity index (χ4v) is 2.24. The molecule has 2 rings (SSSR count). The molecule has 100 valence electrons. The van der Waals surface area contributed by atoms with E-state index in [2.05, 4.69) is 5.10 Å². The molecule has 0 bridgehead atoms. The molecule has 1 unspecified atom stereocenters. The Morgan fingerprint density at radius 2 is 2.39 bits per heavy atom. The van der Waals surface area contributed by atoms with Gasteiger partial charge in [-0.15, -0.1) is 0 Å². The van der Waals surface area contributed by atoms with Crippen molar-refractivity contribution in [1.29, 1.82) is 0 Å². The summed E-state index contributed by atoms with van der Waals surface area (Å²) in [4.78, 5) is 13.3. The van der Waals surface area contributed by atoms with Crippen LogP contribution in [0.3, 0.4) is 0 Å². The molecule has 1 fully saturated rings. The summed E-state index contributed by atoms with van der Waals surface area (Å²) < 4.78 is 7.60. The van der Waals surface area contributed by atoms with E-state index < -0.39 is 0 Å². The van der Waals surface area contributed by atoms with Gasteiger partial charge < -0.3 is 15.4 Å². The first-order valence-corrected chi connectivity index (χ1v) is 6.20. The topological polar surface area (TPSA) is 73.4 Å². The Bertz CT molecular complexity index is 430. The SMILES string of the molecule is Cc1cc(C)n(CC2CN(C(=O)CN)CCO2)n1. The zero-order chi connectivity index (χ0) is 13.1. The minimum atomic E-state index is -0.0170. The van der Waals surface area contributed by atoms with Gasteiger partial charge in [0, 0.05) is 18.8 Å². The van der Waals surface area contributed by atoms with Gasteiger partial charge in [-0.3, -0.25) is 9.48 Å². The van der Waals surface area contributed by atoms with Crippen molar-refractivity contribution < 1.29 is 9.53 Å². The van der Waals surface area contributed by atoms with Crippen molar-refractivity contribution in [2.45, 2.75) is 26.5 Å². The number of morpholine rings is 1. The zero-order valence-corrected chi connectivity index (χ0v) is 10.9. The molecular formula is C12H20N4O2. The maximum atomic E-state index is 11.6. The molecule has 1 saturated heterocycles. The smallest absolute Gasteiger partial charge is 0.236 e. The fourth-order valence-electron chi connectivity index (χ4n) is 2.24. The molecule has 0 spiro atoms. The van der Waals surface area contributed by atoms with E-state index in [1.165, 1.54) is 0 Å². The summed E-state index contributed by atoms with van der Waals surface area (Å²) in [5.41, 5.74) is 7.49. The summed E-state index contributed by atoms with van der Waals surface area (Å²) in [6, 6.07) is 2.03. The van der Waals surface area contributed by atoms with Crippen LogP contribution >= 0.6 is 0 Å². The number of aryl methyl sites for hydroxylation is 2. The standard InChI is InChI=1S/C12H20N4O2/c1-9-5-10(2)16(14-9)8-11-7-15(3-4-18-11)12(17)6-13/h5,11H,3-4,6-8,13H2,1-2H3. The molecule has 0 aromatic carbocycles. The highest BCUT2D eigenvalue weighted by atomic mass is 16.5. The monoisotopic (exact) mass is 252 g/mol. The van der Waals surface area contributed by atoms with E-state index in [4.69, 9.17) is 10.5 Å². The van der Waals surface area contributed by atoms with Crippen LogP contribution in [-0.4, -0.2) is 52.9 Å². The van der Waals surface area contributed by atoms with E-state index in [1.807, 2.05) is 24.6 Å². The molecule has 1 amide bonds. The van der Waals surface area contributed by atoms with Crippen LogP contribution in [0.4, 0.5) is 0 Å². The summed E-state index contributed by atoms with van der Waals surface area (Å²) in [5, 5.41) is 4.40.